The average Bonchev–Trinajstić information content (AvgIpc) is 1.81. The molecule has 0 aromatic rings. The van der Waals surface area contributed by atoms with E-state index in [0.29, 0.717) is 0 Å². The van der Waals surface area contributed by atoms with E-state index >= 15 is 0 Å². The lowest BCUT2D eigenvalue weighted by molar-refractivity contribution is -0.311. The van der Waals surface area contributed by atoms with Gasteiger partial charge < -0.3 is 4.39 Å². The molecular formula is C4F9-. The highest BCUT2D eigenvalue weighted by atomic mass is 19.4. The summed E-state index contributed by atoms with van der Waals surface area (Å²) in [6.45, 7) is 0. The van der Waals surface area contributed by atoms with Crippen LogP contribution in [-0.4, -0.2) is 18.3 Å². The summed E-state index contributed by atoms with van der Waals surface area (Å²) >= 11 is 0. The van der Waals surface area contributed by atoms with Crippen molar-refractivity contribution < 1.29 is 39.5 Å². The molecule has 0 atom stereocenters. The number of hydrogen-bond donors (Lipinski definition) is 0. The number of halogens is 9. The van der Waals surface area contributed by atoms with Crippen molar-refractivity contribution in [2.45, 2.75) is 18.3 Å². The van der Waals surface area contributed by atoms with Crippen LogP contribution in [0.25, 0.3) is 0 Å². The van der Waals surface area contributed by atoms with Gasteiger partial charge in [-0.1, -0.05) is 0 Å². The molecule has 0 saturated heterocycles. The van der Waals surface area contributed by atoms with Crippen LogP contribution in [0.4, 0.5) is 39.5 Å². The first kappa shape index (κ1) is 12.4. The summed E-state index contributed by atoms with van der Waals surface area (Å²) in [5.74, 6) is -6.49. The van der Waals surface area contributed by atoms with Crippen molar-refractivity contribution in [1.29, 1.82) is 0 Å². The molecule has 0 aliphatic heterocycles. The fraction of sp³-hybridized carbons (Fsp3) is 0.750. The van der Waals surface area contributed by atoms with Crippen molar-refractivity contribution >= 4 is 0 Å². The van der Waals surface area contributed by atoms with E-state index in [1.165, 1.54) is 0 Å². The van der Waals surface area contributed by atoms with Crippen LogP contribution in [0, 0.1) is 6.17 Å². The van der Waals surface area contributed by atoms with E-state index in [1.807, 2.05) is 0 Å². The molecule has 0 aliphatic carbocycles. The van der Waals surface area contributed by atoms with Gasteiger partial charge in [-0.15, -0.1) is 0 Å². The molecular weight excluding hydrogens is 219 g/mol. The standard InChI is InChI=1S/C4F9/c5-1(3(8,9)10)2(6,7)4(11,12)13/q-1. The normalized spacial score (nSPS) is 15.2. The summed E-state index contributed by atoms with van der Waals surface area (Å²) in [6, 6.07) is 0. The second kappa shape index (κ2) is 2.95. The molecule has 0 heterocycles. The quantitative estimate of drug-likeness (QED) is 0.469. The van der Waals surface area contributed by atoms with E-state index in [4.69, 9.17) is 0 Å². The zero-order chi connectivity index (χ0) is 11.1. The van der Waals surface area contributed by atoms with Gasteiger partial charge in [0.25, 0.3) is 5.92 Å². The summed E-state index contributed by atoms with van der Waals surface area (Å²) < 4.78 is 101. The van der Waals surface area contributed by atoms with Crippen molar-refractivity contribution in [3.05, 3.63) is 6.17 Å². The van der Waals surface area contributed by atoms with E-state index in [1.54, 1.807) is 0 Å². The van der Waals surface area contributed by atoms with Crippen LogP contribution in [0.2, 0.25) is 0 Å². The van der Waals surface area contributed by atoms with E-state index < -0.39 is 24.4 Å². The summed E-state index contributed by atoms with van der Waals surface area (Å²) in [4.78, 5) is 0. The lowest BCUT2D eigenvalue weighted by Crippen LogP contribution is -2.46. The van der Waals surface area contributed by atoms with Gasteiger partial charge in [0.05, 0.1) is 0 Å². The van der Waals surface area contributed by atoms with Crippen molar-refractivity contribution in [2.75, 3.05) is 0 Å². The maximum absolute atomic E-state index is 11.6. The molecule has 0 aromatic carbocycles. The Morgan fingerprint density at radius 1 is 0.692 bits per heavy atom. The van der Waals surface area contributed by atoms with Crippen LogP contribution in [-0.2, 0) is 0 Å². The Morgan fingerprint density at radius 3 is 1.08 bits per heavy atom. The molecule has 0 radical (unpaired) electrons. The van der Waals surface area contributed by atoms with Gasteiger partial charge in [0.2, 0.25) is 0 Å². The summed E-state index contributed by atoms with van der Waals surface area (Å²) in [5, 5.41) is 0. The molecule has 80 valence electrons. The minimum atomic E-state index is -6.59. The minimum Gasteiger partial charge on any atom is -0.441 e. The second-order valence-corrected chi connectivity index (χ2v) is 1.88. The summed E-state index contributed by atoms with van der Waals surface area (Å²) in [5.41, 5.74) is 0. The number of rotatable bonds is 1. The van der Waals surface area contributed by atoms with Gasteiger partial charge >= 0.3 is 12.4 Å². The maximum Gasteiger partial charge on any atom is 0.425 e. The van der Waals surface area contributed by atoms with Gasteiger partial charge in [-0.2, -0.15) is 13.2 Å². The average molecular weight is 219 g/mol. The molecule has 0 N–H and O–H groups in total. The van der Waals surface area contributed by atoms with E-state index in [0.717, 1.165) is 0 Å². The first-order chi connectivity index (χ1) is 5.40. The predicted molar refractivity (Wildman–Crippen MR) is 21.4 cm³/mol. The molecule has 0 saturated carbocycles. The van der Waals surface area contributed by atoms with Crippen LogP contribution in [0.5, 0.6) is 0 Å². The smallest absolute Gasteiger partial charge is 0.425 e. The Hall–Kier alpha value is -0.630. The zero-order valence-electron chi connectivity index (χ0n) is 5.40. The van der Waals surface area contributed by atoms with Gasteiger partial charge in [0.1, 0.15) is 0 Å². The molecule has 0 spiro atoms. The highest BCUT2D eigenvalue weighted by molar-refractivity contribution is 5.03. The molecule has 0 fully saturated rings. The van der Waals surface area contributed by atoms with E-state index in [2.05, 4.69) is 0 Å². The Balaban J connectivity index is 4.86. The van der Waals surface area contributed by atoms with Crippen LogP contribution >= 0.6 is 0 Å². The topological polar surface area (TPSA) is 0 Å². The van der Waals surface area contributed by atoms with Gasteiger partial charge in [0.15, 0.2) is 0 Å². The third-order valence-corrected chi connectivity index (χ3v) is 0.881. The van der Waals surface area contributed by atoms with Crippen molar-refractivity contribution in [2.24, 2.45) is 0 Å². The van der Waals surface area contributed by atoms with Crippen LogP contribution in [0.15, 0.2) is 0 Å². The van der Waals surface area contributed by atoms with E-state index in [9.17, 15) is 39.5 Å². The highest BCUT2D eigenvalue weighted by Gasteiger charge is 2.60. The van der Waals surface area contributed by atoms with Gasteiger partial charge in [-0.05, 0) is 0 Å². The van der Waals surface area contributed by atoms with Crippen LogP contribution in [0.3, 0.4) is 0 Å². The monoisotopic (exact) mass is 219 g/mol. The van der Waals surface area contributed by atoms with Crippen molar-refractivity contribution in [1.82, 2.24) is 0 Å². The first-order valence-electron chi connectivity index (χ1n) is 2.45. The minimum absolute atomic E-state index is 4.37. The van der Waals surface area contributed by atoms with E-state index in [-0.39, 0.29) is 0 Å². The predicted octanol–water partition coefficient (Wildman–Crippen LogP) is 3.25. The Kier molecular flexibility index (Phi) is 2.80. The van der Waals surface area contributed by atoms with Crippen molar-refractivity contribution in [3.8, 4) is 0 Å². The lowest BCUT2D eigenvalue weighted by Gasteiger charge is -2.35. The summed E-state index contributed by atoms with van der Waals surface area (Å²) in [6.07, 6.45) is -17.3. The highest BCUT2D eigenvalue weighted by Crippen LogP contribution is 2.49. The first-order valence-corrected chi connectivity index (χ1v) is 2.45. The SMILES string of the molecule is F[C-](C(F)(F)F)C(F)(F)C(F)(F)F. The molecule has 0 aliphatic rings. The Bertz CT molecular complexity index is 173. The fourth-order valence-electron chi connectivity index (χ4n) is 0.302. The Labute approximate surface area is 65.3 Å². The lowest BCUT2D eigenvalue weighted by atomic mass is 10.2. The van der Waals surface area contributed by atoms with Gasteiger partial charge in [-0.3, -0.25) is 0 Å². The Morgan fingerprint density at radius 2 is 1.00 bits per heavy atom. The van der Waals surface area contributed by atoms with Crippen LogP contribution < -0.4 is 0 Å². The molecule has 9 heteroatoms. The van der Waals surface area contributed by atoms with Gasteiger partial charge in [0, 0.05) is 6.17 Å². The number of hydrogen-bond acceptors (Lipinski definition) is 0. The summed E-state index contributed by atoms with van der Waals surface area (Å²) in [7, 11) is 0. The molecule has 0 nitrogen and oxygen atoms in total. The third kappa shape index (κ3) is 2.41. The molecule has 0 aromatic heterocycles. The molecule has 0 unspecified atom stereocenters. The zero-order valence-corrected chi connectivity index (χ0v) is 5.40. The third-order valence-electron chi connectivity index (χ3n) is 0.881. The molecule has 0 rings (SSSR count). The second-order valence-electron chi connectivity index (χ2n) is 1.88. The molecule has 0 bridgehead atoms. The fourth-order valence-corrected chi connectivity index (χ4v) is 0.302. The molecule has 0 amide bonds. The van der Waals surface area contributed by atoms with Crippen molar-refractivity contribution in [3.63, 3.8) is 0 Å². The largest absolute Gasteiger partial charge is 0.441 e. The number of alkyl halides is 8. The molecule has 13 heavy (non-hydrogen) atoms. The maximum atomic E-state index is 11.6. The van der Waals surface area contributed by atoms with Crippen LogP contribution in [0.1, 0.15) is 0 Å². The van der Waals surface area contributed by atoms with Gasteiger partial charge in [-0.25, -0.2) is 22.0 Å².